The van der Waals surface area contributed by atoms with Crippen LogP contribution in [0.15, 0.2) is 33.5 Å². The Morgan fingerprint density at radius 1 is 1.17 bits per heavy atom. The van der Waals surface area contributed by atoms with Gasteiger partial charge in [0, 0.05) is 27.5 Å². The average Bonchev–Trinajstić information content (AvgIpc) is 2.55. The van der Waals surface area contributed by atoms with Crippen molar-refractivity contribution in [1.82, 2.24) is 10.3 Å². The fraction of sp³-hybridized carbons (Fsp3) is 0.353. The molecule has 0 unspecified atom stereocenters. The van der Waals surface area contributed by atoms with Crippen LogP contribution in [-0.2, 0) is 4.79 Å². The Bertz CT molecular complexity index is 853. The van der Waals surface area contributed by atoms with Crippen LogP contribution in [0, 0.1) is 5.92 Å². The summed E-state index contributed by atoms with van der Waals surface area (Å²) < 4.78 is 0.818. The first-order valence-electron chi connectivity index (χ1n) is 7.80. The minimum atomic E-state index is -0.773. The molecular weight excluding hydrogens is 376 g/mol. The highest BCUT2D eigenvalue weighted by Gasteiger charge is 2.27. The second-order valence-electron chi connectivity index (χ2n) is 6.10. The molecule has 0 saturated heterocycles. The van der Waals surface area contributed by atoms with Crippen molar-refractivity contribution in [2.45, 2.75) is 31.7 Å². The lowest BCUT2D eigenvalue weighted by molar-refractivity contribution is -0.142. The first kappa shape index (κ1) is 16.7. The summed E-state index contributed by atoms with van der Waals surface area (Å²) in [6.07, 6.45) is 2.38. The number of fused-ring (bicyclic) bond motifs is 1. The average molecular weight is 393 g/mol. The van der Waals surface area contributed by atoms with E-state index in [9.17, 15) is 14.4 Å². The van der Waals surface area contributed by atoms with E-state index >= 15 is 0 Å². The van der Waals surface area contributed by atoms with E-state index in [2.05, 4.69) is 26.2 Å². The number of carboxylic acids is 1. The van der Waals surface area contributed by atoms with Gasteiger partial charge in [0.05, 0.1) is 11.5 Å². The molecule has 24 heavy (non-hydrogen) atoms. The molecule has 1 aliphatic rings. The summed E-state index contributed by atoms with van der Waals surface area (Å²) in [7, 11) is 0. The van der Waals surface area contributed by atoms with Gasteiger partial charge in [-0.05, 0) is 43.9 Å². The second kappa shape index (κ2) is 6.76. The summed E-state index contributed by atoms with van der Waals surface area (Å²) in [5.74, 6) is -1.40. The molecule has 0 radical (unpaired) electrons. The standard InChI is InChI=1S/C17H17BrN2O4/c18-10-3-6-14-12(7-10)13(8-15(21)20-14)16(22)19-11-4-1-9(2-5-11)17(23)24/h3,6-9,11H,1-2,4-5H2,(H,19,22)(H,20,21)(H,23,24). The molecule has 1 aromatic heterocycles. The van der Waals surface area contributed by atoms with Crippen LogP contribution in [0.5, 0.6) is 0 Å². The van der Waals surface area contributed by atoms with E-state index in [1.54, 1.807) is 18.2 Å². The van der Waals surface area contributed by atoms with E-state index < -0.39 is 5.97 Å². The number of nitrogens with one attached hydrogen (secondary N) is 2. The number of hydrogen-bond acceptors (Lipinski definition) is 3. The van der Waals surface area contributed by atoms with E-state index in [-0.39, 0.29) is 23.4 Å². The monoisotopic (exact) mass is 392 g/mol. The molecule has 0 spiro atoms. The topological polar surface area (TPSA) is 99.3 Å². The molecule has 1 fully saturated rings. The van der Waals surface area contributed by atoms with Crippen LogP contribution in [-0.4, -0.2) is 28.0 Å². The molecule has 6 nitrogen and oxygen atoms in total. The Morgan fingerprint density at radius 2 is 1.88 bits per heavy atom. The third-order valence-corrected chi connectivity index (χ3v) is 4.95. The number of amides is 1. The second-order valence-corrected chi connectivity index (χ2v) is 7.01. The number of aromatic amines is 1. The summed E-state index contributed by atoms with van der Waals surface area (Å²) in [4.78, 5) is 38.1. The number of carbonyl (C=O) groups is 2. The van der Waals surface area contributed by atoms with Gasteiger partial charge in [-0.25, -0.2) is 0 Å². The van der Waals surface area contributed by atoms with Gasteiger partial charge < -0.3 is 15.4 Å². The SMILES string of the molecule is O=C(NC1CCC(C(=O)O)CC1)c1cc(=O)[nH]c2ccc(Br)cc12. The molecule has 3 N–H and O–H groups in total. The largest absolute Gasteiger partial charge is 0.481 e. The van der Waals surface area contributed by atoms with Gasteiger partial charge in [-0.1, -0.05) is 15.9 Å². The Morgan fingerprint density at radius 3 is 2.54 bits per heavy atom. The minimum absolute atomic E-state index is 0.0606. The number of aromatic nitrogens is 1. The Kier molecular flexibility index (Phi) is 4.71. The summed E-state index contributed by atoms with van der Waals surface area (Å²) in [6.45, 7) is 0. The Labute approximate surface area is 146 Å². The van der Waals surface area contributed by atoms with Gasteiger partial charge in [-0.15, -0.1) is 0 Å². The fourth-order valence-corrected chi connectivity index (χ4v) is 3.52. The molecule has 0 aliphatic heterocycles. The van der Waals surface area contributed by atoms with Crippen LogP contribution in [0.2, 0.25) is 0 Å². The quantitative estimate of drug-likeness (QED) is 0.747. The van der Waals surface area contributed by atoms with Crippen molar-refractivity contribution in [2.75, 3.05) is 0 Å². The lowest BCUT2D eigenvalue weighted by Gasteiger charge is -2.27. The number of pyridine rings is 1. The van der Waals surface area contributed by atoms with Crippen LogP contribution in [0.4, 0.5) is 0 Å². The third kappa shape index (κ3) is 3.51. The van der Waals surface area contributed by atoms with Gasteiger partial charge in [0.25, 0.3) is 5.91 Å². The van der Waals surface area contributed by atoms with Crippen LogP contribution in [0.3, 0.4) is 0 Å². The van der Waals surface area contributed by atoms with Crippen LogP contribution >= 0.6 is 15.9 Å². The van der Waals surface area contributed by atoms with Gasteiger partial charge >= 0.3 is 5.97 Å². The normalized spacial score (nSPS) is 20.7. The van der Waals surface area contributed by atoms with Crippen molar-refractivity contribution in [2.24, 2.45) is 5.92 Å². The number of aliphatic carboxylic acids is 1. The maximum Gasteiger partial charge on any atom is 0.306 e. The number of halogens is 1. The summed E-state index contributed by atoms with van der Waals surface area (Å²) in [5, 5.41) is 12.6. The minimum Gasteiger partial charge on any atom is -0.481 e. The highest BCUT2D eigenvalue weighted by molar-refractivity contribution is 9.10. The molecule has 1 saturated carbocycles. The number of H-pyrrole nitrogens is 1. The lowest BCUT2D eigenvalue weighted by Crippen LogP contribution is -2.39. The van der Waals surface area contributed by atoms with E-state index in [0.717, 1.165) is 4.47 Å². The Hall–Kier alpha value is -2.15. The molecule has 2 aromatic rings. The van der Waals surface area contributed by atoms with Crippen molar-refractivity contribution in [3.63, 3.8) is 0 Å². The number of carbonyl (C=O) groups excluding carboxylic acids is 1. The van der Waals surface area contributed by atoms with Gasteiger partial charge in [-0.3, -0.25) is 14.4 Å². The predicted molar refractivity (Wildman–Crippen MR) is 93.1 cm³/mol. The molecule has 126 valence electrons. The molecule has 3 rings (SSSR count). The molecule has 0 bridgehead atoms. The van der Waals surface area contributed by atoms with Crippen LogP contribution < -0.4 is 10.9 Å². The van der Waals surface area contributed by atoms with E-state index in [0.29, 0.717) is 42.1 Å². The zero-order chi connectivity index (χ0) is 17.3. The van der Waals surface area contributed by atoms with Gasteiger partial charge in [-0.2, -0.15) is 0 Å². The summed E-state index contributed by atoms with van der Waals surface area (Å²) in [6, 6.07) is 6.58. The molecule has 1 amide bonds. The molecule has 1 heterocycles. The number of carboxylic acid groups (broad SMARTS) is 1. The van der Waals surface area contributed by atoms with E-state index in [1.165, 1.54) is 6.07 Å². The molecule has 7 heteroatoms. The van der Waals surface area contributed by atoms with Crippen molar-refractivity contribution in [1.29, 1.82) is 0 Å². The highest BCUT2D eigenvalue weighted by Crippen LogP contribution is 2.25. The van der Waals surface area contributed by atoms with Gasteiger partial charge in [0.15, 0.2) is 0 Å². The number of hydrogen-bond donors (Lipinski definition) is 3. The smallest absolute Gasteiger partial charge is 0.306 e. The number of rotatable bonds is 3. The highest BCUT2D eigenvalue weighted by atomic mass is 79.9. The van der Waals surface area contributed by atoms with E-state index in [1.807, 2.05) is 0 Å². The lowest BCUT2D eigenvalue weighted by atomic mass is 9.86. The molecule has 0 atom stereocenters. The Balaban J connectivity index is 1.81. The fourth-order valence-electron chi connectivity index (χ4n) is 3.16. The van der Waals surface area contributed by atoms with Crippen molar-refractivity contribution in [3.8, 4) is 0 Å². The zero-order valence-electron chi connectivity index (χ0n) is 12.8. The van der Waals surface area contributed by atoms with Crippen molar-refractivity contribution >= 4 is 38.7 Å². The predicted octanol–water partition coefficient (Wildman–Crippen LogP) is 2.66. The first-order chi connectivity index (χ1) is 11.4. The molecule has 1 aliphatic carbocycles. The van der Waals surface area contributed by atoms with Gasteiger partial charge in [0.2, 0.25) is 5.56 Å². The van der Waals surface area contributed by atoms with Gasteiger partial charge in [0.1, 0.15) is 0 Å². The maximum atomic E-state index is 12.6. The zero-order valence-corrected chi connectivity index (χ0v) is 14.4. The molecular formula is C17H17BrN2O4. The first-order valence-corrected chi connectivity index (χ1v) is 8.59. The maximum absolute atomic E-state index is 12.6. The molecule has 1 aromatic carbocycles. The van der Waals surface area contributed by atoms with Crippen molar-refractivity contribution in [3.05, 3.63) is 44.7 Å². The summed E-state index contributed by atoms with van der Waals surface area (Å²) >= 11 is 3.37. The van der Waals surface area contributed by atoms with Crippen molar-refractivity contribution < 1.29 is 14.7 Å². The number of benzene rings is 1. The third-order valence-electron chi connectivity index (χ3n) is 4.46. The van der Waals surface area contributed by atoms with E-state index in [4.69, 9.17) is 5.11 Å². The van der Waals surface area contributed by atoms with Crippen LogP contribution in [0.1, 0.15) is 36.0 Å². The van der Waals surface area contributed by atoms with Crippen LogP contribution in [0.25, 0.3) is 10.9 Å². The summed E-state index contributed by atoms with van der Waals surface area (Å²) in [5.41, 5.74) is 0.602.